The van der Waals surface area contributed by atoms with Gasteiger partial charge in [0.05, 0.1) is 0 Å². The quantitative estimate of drug-likeness (QED) is 0.505. The van der Waals surface area contributed by atoms with Crippen LogP contribution >= 0.6 is 11.8 Å². The molecule has 1 aromatic rings. The van der Waals surface area contributed by atoms with Gasteiger partial charge in [-0.1, -0.05) is 36.1 Å². The molecule has 0 bridgehead atoms. The van der Waals surface area contributed by atoms with Crippen molar-refractivity contribution in [1.82, 2.24) is 0 Å². The molecule has 1 heterocycles. The Kier molecular flexibility index (Phi) is 11.4. The second-order valence-electron chi connectivity index (χ2n) is 5.72. The van der Waals surface area contributed by atoms with Gasteiger partial charge in [0, 0.05) is 10.8 Å². The third kappa shape index (κ3) is 7.61. The predicted octanol–water partition coefficient (Wildman–Crippen LogP) is -0.821. The summed E-state index contributed by atoms with van der Waals surface area (Å²) in [6.45, 7) is 2.89. The molecular weight excluding hydrogens is 463 g/mol. The Bertz CT molecular complexity index is 693. The van der Waals surface area contributed by atoms with E-state index in [1.54, 1.807) is 3.28 Å². The number of benzene rings is 1. The number of rotatable bonds is 4. The maximum absolute atomic E-state index is 2.35. The van der Waals surface area contributed by atoms with Crippen LogP contribution in [0.15, 0.2) is 86.0 Å². The van der Waals surface area contributed by atoms with Crippen molar-refractivity contribution in [2.24, 2.45) is 5.92 Å². The molecule has 0 fully saturated rings. The summed E-state index contributed by atoms with van der Waals surface area (Å²) in [5.41, 5.74) is 1.54. The molecule has 1 unspecified atom stereocenters. The van der Waals surface area contributed by atoms with Gasteiger partial charge < -0.3 is 24.8 Å². The van der Waals surface area contributed by atoms with Gasteiger partial charge in [0.15, 0.2) is 0 Å². The van der Waals surface area contributed by atoms with E-state index in [2.05, 4.69) is 79.8 Å². The Morgan fingerprint density at radius 2 is 1.92 bits per heavy atom. The van der Waals surface area contributed by atoms with Crippen LogP contribution < -0.4 is 24.8 Å². The van der Waals surface area contributed by atoms with E-state index in [4.69, 9.17) is 0 Å². The monoisotopic (exact) mass is 481 g/mol. The number of fused-ring (bicyclic) bond motifs is 1. The molecule has 0 spiro atoms. The molecule has 0 amide bonds. The molecule has 4 rings (SSSR count). The van der Waals surface area contributed by atoms with Crippen LogP contribution in [0.5, 0.6) is 0 Å². The van der Waals surface area contributed by atoms with Gasteiger partial charge in [0.25, 0.3) is 0 Å². The van der Waals surface area contributed by atoms with Crippen molar-refractivity contribution in [3.05, 3.63) is 91.5 Å². The third-order valence-corrected chi connectivity index (χ3v) is 12.8. The fourth-order valence-electron chi connectivity index (χ4n) is 2.66. The van der Waals surface area contributed by atoms with Crippen molar-refractivity contribution >= 4 is 18.4 Å². The van der Waals surface area contributed by atoms with Crippen molar-refractivity contribution in [1.29, 1.82) is 0 Å². The van der Waals surface area contributed by atoms with E-state index in [1.165, 1.54) is 27.8 Å². The van der Waals surface area contributed by atoms with Gasteiger partial charge in [-0.25, -0.2) is 0 Å². The van der Waals surface area contributed by atoms with Crippen LogP contribution in [0, 0.1) is 5.92 Å². The van der Waals surface area contributed by atoms with Crippen molar-refractivity contribution in [2.75, 3.05) is 0 Å². The zero-order valence-electron chi connectivity index (χ0n) is 14.2. The largest absolute Gasteiger partial charge is 1.00 e. The number of hydrogen-bond acceptors (Lipinski definition) is 1. The predicted molar refractivity (Wildman–Crippen MR) is 101 cm³/mol. The summed E-state index contributed by atoms with van der Waals surface area (Å²) < 4.78 is 1.79. The average Bonchev–Trinajstić information content (AvgIpc) is 3.27. The fraction of sp³-hybridized carbons (Fsp3) is 0.200. The Morgan fingerprint density at radius 3 is 2.60 bits per heavy atom. The molecule has 3 aliphatic rings. The van der Waals surface area contributed by atoms with Crippen molar-refractivity contribution in [3.63, 3.8) is 0 Å². The number of allylic oxidation sites excluding steroid dienone is 10. The van der Waals surface area contributed by atoms with Crippen LogP contribution in [0.4, 0.5) is 0 Å². The van der Waals surface area contributed by atoms with E-state index < -0.39 is 0 Å². The molecule has 1 radical (unpaired) electrons. The Hall–Kier alpha value is -0.0500. The molecule has 2 aliphatic carbocycles. The van der Waals surface area contributed by atoms with Crippen molar-refractivity contribution < 1.29 is 47.2 Å². The summed E-state index contributed by atoms with van der Waals surface area (Å²) >= 11 is 1.75. The standard InChI is InChI=1S/C8H8S.C7H8Si.C5H5.2ClH.Zr/c1-6-5-7-3-2-4-8(7)9-6;8-6-7-4-2-1-3-5-7;1-2-4-5-3-1;;;/h2-5,7H,1H3;1-5,8H,6H2;1-3H,4H2;2*1H;/q;;;;;+2/p-2. The van der Waals surface area contributed by atoms with Gasteiger partial charge in [-0.2, -0.15) is 0 Å². The molecule has 129 valence electrons. The van der Waals surface area contributed by atoms with Crippen LogP contribution in [0.3, 0.4) is 0 Å². The SMILES string of the molecule is C1=CC[C]([Zr+2][SiH]Cc2ccccc2)=C1.CC1=CC2C=CC=C2S1.[Cl-].[Cl-]. The molecule has 0 saturated carbocycles. The number of halogens is 2. The van der Waals surface area contributed by atoms with Crippen LogP contribution in [-0.2, 0) is 28.4 Å². The second kappa shape index (κ2) is 12.4. The van der Waals surface area contributed by atoms with Crippen LogP contribution in [0.1, 0.15) is 18.9 Å². The Morgan fingerprint density at radius 1 is 1.12 bits per heavy atom. The van der Waals surface area contributed by atoms with E-state index in [9.17, 15) is 0 Å². The topological polar surface area (TPSA) is 0 Å². The number of thioether (sulfide) groups is 1. The van der Waals surface area contributed by atoms with Crippen molar-refractivity contribution in [3.8, 4) is 0 Å². The van der Waals surface area contributed by atoms with Gasteiger partial charge in [-0.3, -0.25) is 0 Å². The molecule has 0 aromatic heterocycles. The van der Waals surface area contributed by atoms with Gasteiger partial charge in [-0.05, 0) is 11.8 Å². The first-order chi connectivity index (χ1) is 11.3. The smallest absolute Gasteiger partial charge is 0.0275 e. The van der Waals surface area contributed by atoms with Gasteiger partial charge in [0.2, 0.25) is 0 Å². The second-order valence-corrected chi connectivity index (χ2v) is 14.9. The van der Waals surface area contributed by atoms with E-state index in [0.717, 1.165) is 6.65 Å². The van der Waals surface area contributed by atoms with Crippen LogP contribution in [-0.4, -0.2) is 6.65 Å². The summed E-state index contributed by atoms with van der Waals surface area (Å²) in [5.74, 6) is 0.634. The van der Waals surface area contributed by atoms with E-state index in [-0.39, 0.29) is 47.2 Å². The summed E-state index contributed by atoms with van der Waals surface area (Å²) in [4.78, 5) is 2.93. The Labute approximate surface area is 181 Å². The first kappa shape index (κ1) is 23.0. The third-order valence-electron chi connectivity index (χ3n) is 3.84. The molecule has 0 nitrogen and oxygen atoms in total. The average molecular weight is 484 g/mol. The first-order valence-corrected chi connectivity index (χ1v) is 15.7. The molecule has 5 heteroatoms. The van der Waals surface area contributed by atoms with E-state index >= 15 is 0 Å². The summed E-state index contributed by atoms with van der Waals surface area (Å²) in [6, 6.07) is 12.3. The molecule has 0 N–H and O–H groups in total. The van der Waals surface area contributed by atoms with Crippen LogP contribution in [0.2, 0.25) is 0 Å². The summed E-state index contributed by atoms with van der Waals surface area (Å²) in [5, 5.41) is 0. The molecule has 0 saturated heterocycles. The molecule has 1 aromatic carbocycles. The minimum Gasteiger partial charge on any atom is -1.00 e. The zero-order valence-corrected chi connectivity index (χ0v) is 20.1. The molecule has 1 aliphatic heterocycles. The summed E-state index contributed by atoms with van der Waals surface area (Å²) in [6.07, 6.45) is 17.0. The maximum atomic E-state index is 2.35. The fourth-order valence-corrected chi connectivity index (χ4v) is 11.3. The minimum atomic E-state index is -0.145. The Balaban J connectivity index is 0.000000249. The normalized spacial score (nSPS) is 18.6. The molecule has 1 atom stereocenters. The van der Waals surface area contributed by atoms with Gasteiger partial charge >= 0.3 is 98.9 Å². The zero-order chi connectivity index (χ0) is 15.9. The van der Waals surface area contributed by atoms with Gasteiger partial charge in [0.1, 0.15) is 0 Å². The van der Waals surface area contributed by atoms with Crippen LogP contribution in [0.25, 0.3) is 0 Å². The summed E-state index contributed by atoms with van der Waals surface area (Å²) in [7, 11) is 0. The van der Waals surface area contributed by atoms with Gasteiger partial charge in [-0.15, -0.1) is 0 Å². The molecular formula is C20H21Cl2SSiZr. The van der Waals surface area contributed by atoms with E-state index in [0.29, 0.717) is 5.92 Å². The maximum Gasteiger partial charge on any atom is 0.0275 e. The molecule has 25 heavy (non-hydrogen) atoms. The van der Waals surface area contributed by atoms with E-state index in [1.807, 2.05) is 11.8 Å². The number of hydrogen-bond donors (Lipinski definition) is 0. The van der Waals surface area contributed by atoms with Crippen molar-refractivity contribution in [2.45, 2.75) is 19.4 Å². The minimum absolute atomic E-state index is 0. The first-order valence-electron chi connectivity index (χ1n) is 8.04.